The monoisotopic (exact) mass is 422 g/mol. The first-order chi connectivity index (χ1) is 13.4. The van der Waals surface area contributed by atoms with Gasteiger partial charge in [0.1, 0.15) is 12.0 Å². The average molecular weight is 423 g/mol. The van der Waals surface area contributed by atoms with Crippen molar-refractivity contribution in [1.82, 2.24) is 16.2 Å². The first-order valence-corrected chi connectivity index (χ1v) is 10.9. The highest BCUT2D eigenvalue weighted by Gasteiger charge is 2.43. The van der Waals surface area contributed by atoms with Crippen molar-refractivity contribution < 1.29 is 4.79 Å². The van der Waals surface area contributed by atoms with E-state index in [9.17, 15) is 4.79 Å². The van der Waals surface area contributed by atoms with Gasteiger partial charge in [0.05, 0.1) is 17.4 Å². The molecule has 4 N–H and O–H groups in total. The van der Waals surface area contributed by atoms with Gasteiger partial charge < -0.3 is 5.32 Å². The van der Waals surface area contributed by atoms with Crippen LogP contribution in [0.5, 0.6) is 0 Å². The second kappa shape index (κ2) is 9.26. The molecular formula is C19H27ClN6OS. The molecule has 0 bridgehead atoms. The van der Waals surface area contributed by atoms with Gasteiger partial charge in [-0.3, -0.25) is 20.5 Å². The maximum Gasteiger partial charge on any atom is 0.230 e. The van der Waals surface area contributed by atoms with Crippen LogP contribution in [0.15, 0.2) is 23.2 Å². The number of aryl methyl sites for hydroxylation is 1. The molecular weight excluding hydrogens is 396 g/mol. The summed E-state index contributed by atoms with van der Waals surface area (Å²) >= 11 is 7.68. The van der Waals surface area contributed by atoms with Crippen molar-refractivity contribution in [2.75, 3.05) is 17.2 Å². The van der Waals surface area contributed by atoms with Crippen LogP contribution < -0.4 is 21.1 Å². The summed E-state index contributed by atoms with van der Waals surface area (Å²) in [7, 11) is 0. The number of hydrazine groups is 1. The Labute approximate surface area is 175 Å². The lowest BCUT2D eigenvalue weighted by molar-refractivity contribution is -0.118. The molecule has 2 aliphatic heterocycles. The number of nitrogens with zero attached hydrogens (tertiary/aromatic N) is 2. The maximum atomic E-state index is 12.2. The number of nitrogens with one attached hydrogen (secondary N) is 4. The van der Waals surface area contributed by atoms with Crippen LogP contribution >= 0.6 is 23.4 Å². The Balaban J connectivity index is 1.83. The second-order valence-corrected chi connectivity index (χ2v) is 8.46. The lowest BCUT2D eigenvalue weighted by atomic mass is 9.97. The van der Waals surface area contributed by atoms with Gasteiger partial charge in [-0.15, -0.1) is 0 Å². The Morgan fingerprint density at radius 1 is 1.43 bits per heavy atom. The van der Waals surface area contributed by atoms with E-state index in [-0.39, 0.29) is 29.8 Å². The lowest BCUT2D eigenvalue weighted by Crippen LogP contribution is -2.50. The van der Waals surface area contributed by atoms with Crippen molar-refractivity contribution in [1.29, 1.82) is 5.41 Å². The zero-order chi connectivity index (χ0) is 20.3. The highest BCUT2D eigenvalue weighted by molar-refractivity contribution is 8.14. The average Bonchev–Trinajstić information content (AvgIpc) is 3.04. The molecule has 9 heteroatoms. The molecule has 1 saturated heterocycles. The number of halogens is 1. The molecule has 0 saturated carbocycles. The third-order valence-electron chi connectivity index (χ3n) is 4.93. The maximum absolute atomic E-state index is 12.2. The summed E-state index contributed by atoms with van der Waals surface area (Å²) in [4.78, 5) is 18.8. The fourth-order valence-electron chi connectivity index (χ4n) is 3.26. The summed E-state index contributed by atoms with van der Waals surface area (Å²) in [6.07, 6.45) is 1.79. The van der Waals surface area contributed by atoms with Crippen molar-refractivity contribution in [2.45, 2.75) is 45.8 Å². The van der Waals surface area contributed by atoms with Gasteiger partial charge in [0, 0.05) is 17.6 Å². The van der Waals surface area contributed by atoms with E-state index in [1.807, 2.05) is 36.9 Å². The highest BCUT2D eigenvalue weighted by Crippen LogP contribution is 2.33. The van der Waals surface area contributed by atoms with Crippen molar-refractivity contribution >= 4 is 46.0 Å². The number of rotatable bonds is 6. The van der Waals surface area contributed by atoms with Crippen LogP contribution in [0.3, 0.4) is 0 Å². The molecule has 1 aromatic carbocycles. The number of thioether (sulfide) groups is 1. The highest BCUT2D eigenvalue weighted by atomic mass is 35.5. The molecule has 3 atom stereocenters. The van der Waals surface area contributed by atoms with Gasteiger partial charge in [-0.05, 0) is 38.0 Å². The molecule has 0 aliphatic carbocycles. The second-order valence-electron chi connectivity index (χ2n) is 7.11. The number of amidine groups is 2. The SMILES string of the molecule is CCCCNC(=O)CSC1=NC2NNC(C)C2C(=N)N1c1ccc(C)c(Cl)c1. The molecule has 1 fully saturated rings. The largest absolute Gasteiger partial charge is 0.355 e. The number of fused-ring (bicyclic) bond motifs is 1. The molecule has 2 aliphatic rings. The Morgan fingerprint density at radius 3 is 2.93 bits per heavy atom. The van der Waals surface area contributed by atoms with E-state index in [2.05, 4.69) is 23.1 Å². The fourth-order valence-corrected chi connectivity index (χ4v) is 4.31. The van der Waals surface area contributed by atoms with Crippen LogP contribution in [0.4, 0.5) is 5.69 Å². The minimum absolute atomic E-state index is 0.0254. The van der Waals surface area contributed by atoms with E-state index >= 15 is 0 Å². The van der Waals surface area contributed by atoms with Gasteiger partial charge in [-0.1, -0.05) is 42.8 Å². The van der Waals surface area contributed by atoms with Gasteiger partial charge in [0.15, 0.2) is 5.17 Å². The van der Waals surface area contributed by atoms with E-state index in [4.69, 9.17) is 22.0 Å². The quantitative estimate of drug-likeness (QED) is 0.529. The van der Waals surface area contributed by atoms with Crippen LogP contribution in [0.25, 0.3) is 0 Å². The summed E-state index contributed by atoms with van der Waals surface area (Å²) in [5.74, 6) is 0.580. The Bertz CT molecular complexity index is 786. The van der Waals surface area contributed by atoms with E-state index in [0.717, 1.165) is 24.1 Å². The number of hydrogen-bond acceptors (Lipinski definition) is 6. The number of unbranched alkanes of at least 4 members (excludes halogenated alkanes) is 1. The van der Waals surface area contributed by atoms with Gasteiger partial charge >= 0.3 is 0 Å². The predicted molar refractivity (Wildman–Crippen MR) is 117 cm³/mol. The Morgan fingerprint density at radius 2 is 2.21 bits per heavy atom. The summed E-state index contributed by atoms with van der Waals surface area (Å²) in [6, 6.07) is 5.80. The predicted octanol–water partition coefficient (Wildman–Crippen LogP) is 2.89. The third kappa shape index (κ3) is 4.51. The third-order valence-corrected chi connectivity index (χ3v) is 6.29. The number of carbonyl (C=O) groups excluding carboxylic acids is 1. The van der Waals surface area contributed by atoms with E-state index in [0.29, 0.717) is 22.6 Å². The number of amides is 1. The molecule has 7 nitrogen and oxygen atoms in total. The van der Waals surface area contributed by atoms with Gasteiger partial charge in [0.25, 0.3) is 0 Å². The molecule has 1 amide bonds. The Hall–Kier alpha value is -1.61. The van der Waals surface area contributed by atoms with Crippen LogP contribution in [0.2, 0.25) is 5.02 Å². The first kappa shape index (κ1) is 21.1. The molecule has 28 heavy (non-hydrogen) atoms. The van der Waals surface area contributed by atoms with Gasteiger partial charge in [0.2, 0.25) is 5.91 Å². The van der Waals surface area contributed by atoms with Crippen LogP contribution in [0.1, 0.15) is 32.3 Å². The molecule has 0 spiro atoms. The number of hydrogen-bond donors (Lipinski definition) is 4. The summed E-state index contributed by atoms with van der Waals surface area (Å²) in [6.45, 7) is 6.75. The van der Waals surface area contributed by atoms with Crippen molar-refractivity contribution in [3.05, 3.63) is 28.8 Å². The lowest BCUT2D eigenvalue weighted by Gasteiger charge is -2.36. The van der Waals surface area contributed by atoms with E-state index in [1.54, 1.807) is 0 Å². The zero-order valence-corrected chi connectivity index (χ0v) is 18.0. The van der Waals surface area contributed by atoms with Crippen LogP contribution in [0, 0.1) is 18.3 Å². The topological polar surface area (TPSA) is 92.6 Å². The van der Waals surface area contributed by atoms with Crippen molar-refractivity contribution in [3.8, 4) is 0 Å². The molecule has 152 valence electrons. The molecule has 3 unspecified atom stereocenters. The van der Waals surface area contributed by atoms with Crippen molar-refractivity contribution in [2.24, 2.45) is 10.9 Å². The van der Waals surface area contributed by atoms with Crippen LogP contribution in [-0.2, 0) is 4.79 Å². The van der Waals surface area contributed by atoms with Gasteiger partial charge in [-0.2, -0.15) is 0 Å². The molecule has 3 rings (SSSR count). The minimum atomic E-state index is -0.217. The smallest absolute Gasteiger partial charge is 0.230 e. The van der Waals surface area contributed by atoms with Crippen molar-refractivity contribution in [3.63, 3.8) is 0 Å². The summed E-state index contributed by atoms with van der Waals surface area (Å²) in [5, 5.41) is 13.0. The zero-order valence-electron chi connectivity index (χ0n) is 16.4. The van der Waals surface area contributed by atoms with E-state index < -0.39 is 0 Å². The first-order valence-electron chi connectivity index (χ1n) is 9.55. The molecule has 0 radical (unpaired) electrons. The summed E-state index contributed by atoms with van der Waals surface area (Å²) < 4.78 is 0. The number of benzene rings is 1. The minimum Gasteiger partial charge on any atom is -0.355 e. The van der Waals surface area contributed by atoms with E-state index in [1.165, 1.54) is 11.8 Å². The molecule has 0 aromatic heterocycles. The number of anilines is 1. The molecule has 2 heterocycles. The van der Waals surface area contributed by atoms with Crippen LogP contribution in [-0.4, -0.2) is 41.4 Å². The Kier molecular flexibility index (Phi) is 6.98. The fraction of sp³-hybridized carbons (Fsp3) is 0.526. The number of aliphatic imine (C=N–C) groups is 1. The summed E-state index contributed by atoms with van der Waals surface area (Å²) in [5.41, 5.74) is 8.08. The standard InChI is InChI=1S/C19H27ClN6OS/c1-4-5-8-22-15(27)10-28-19-23-18-16(12(3)24-25-18)17(21)26(19)13-7-6-11(2)14(20)9-13/h6-7,9,12,16,18,21,24-25H,4-5,8,10H2,1-3H3,(H,22,27). The normalized spacial score (nSPS) is 24.1. The van der Waals surface area contributed by atoms with Gasteiger partial charge in [-0.25, -0.2) is 10.4 Å². The number of carbonyl (C=O) groups is 1. The molecule has 1 aromatic rings.